The molecule has 100 valence electrons. The van der Waals surface area contributed by atoms with Gasteiger partial charge in [-0.15, -0.1) is 0 Å². The largest absolute Gasteiger partial charge is 0.394 e. The lowest BCUT2D eigenvalue weighted by molar-refractivity contribution is -0.0610. The fourth-order valence-electron chi connectivity index (χ4n) is 1.97. The molecule has 1 fully saturated rings. The summed E-state index contributed by atoms with van der Waals surface area (Å²) in [5, 5.41) is 18.6. The predicted octanol–water partition coefficient (Wildman–Crippen LogP) is -1.20. The Morgan fingerprint density at radius 1 is 1.72 bits per heavy atom. The minimum absolute atomic E-state index is 0.00839. The molecule has 0 spiro atoms. The Kier molecular flexibility index (Phi) is 3.09. The van der Waals surface area contributed by atoms with Crippen LogP contribution < -0.4 is 11.4 Å². The fourth-order valence-corrected chi connectivity index (χ4v) is 1.97. The van der Waals surface area contributed by atoms with E-state index in [0.29, 0.717) is 0 Å². The second-order valence-corrected chi connectivity index (χ2v) is 4.35. The van der Waals surface area contributed by atoms with E-state index < -0.39 is 36.4 Å². The zero-order valence-corrected chi connectivity index (χ0v) is 9.65. The van der Waals surface area contributed by atoms with Crippen molar-refractivity contribution in [1.29, 1.82) is 0 Å². The maximum Gasteiger partial charge on any atom is 0.351 e. The highest BCUT2D eigenvalue weighted by Gasteiger charge is 2.55. The van der Waals surface area contributed by atoms with E-state index in [2.05, 4.69) is 4.98 Å². The van der Waals surface area contributed by atoms with Crippen molar-refractivity contribution in [2.45, 2.75) is 31.0 Å². The van der Waals surface area contributed by atoms with Crippen LogP contribution in [-0.2, 0) is 4.74 Å². The molecule has 0 radical (unpaired) electrons. The summed E-state index contributed by atoms with van der Waals surface area (Å²) in [5.41, 5.74) is 2.33. The van der Waals surface area contributed by atoms with Crippen molar-refractivity contribution in [2.24, 2.45) is 0 Å². The Hall–Kier alpha value is -1.51. The molecule has 0 aromatic carbocycles. The van der Waals surface area contributed by atoms with E-state index >= 15 is 0 Å². The van der Waals surface area contributed by atoms with Crippen LogP contribution in [-0.4, -0.2) is 44.2 Å². The molecule has 4 atom stereocenters. The number of nitrogens with two attached hydrogens (primary N) is 1. The molecule has 1 saturated heterocycles. The molecule has 8 heteroatoms. The van der Waals surface area contributed by atoms with E-state index in [9.17, 15) is 14.3 Å². The summed E-state index contributed by atoms with van der Waals surface area (Å²) in [6, 6.07) is 1.32. The Balaban J connectivity index is 2.42. The summed E-state index contributed by atoms with van der Waals surface area (Å²) in [5.74, 6) is 0.00839. The highest BCUT2D eigenvalue weighted by atomic mass is 19.1. The summed E-state index contributed by atoms with van der Waals surface area (Å²) in [6.07, 6.45) is -2.74. The number of aliphatic hydroxyl groups is 2. The number of aromatic nitrogens is 2. The third-order valence-corrected chi connectivity index (χ3v) is 3.00. The summed E-state index contributed by atoms with van der Waals surface area (Å²) < 4.78 is 20.4. The van der Waals surface area contributed by atoms with Crippen molar-refractivity contribution < 1.29 is 19.3 Å². The first-order valence-electron chi connectivity index (χ1n) is 5.36. The molecule has 1 aliphatic heterocycles. The van der Waals surface area contributed by atoms with Crippen LogP contribution >= 0.6 is 0 Å². The van der Waals surface area contributed by atoms with Crippen molar-refractivity contribution >= 4 is 5.82 Å². The van der Waals surface area contributed by atoms with Gasteiger partial charge in [0.1, 0.15) is 18.0 Å². The molecule has 1 aliphatic rings. The van der Waals surface area contributed by atoms with Crippen LogP contribution in [0.1, 0.15) is 13.2 Å². The molecular weight excluding hydrogens is 245 g/mol. The van der Waals surface area contributed by atoms with Gasteiger partial charge in [-0.3, -0.25) is 4.57 Å². The minimum atomic E-state index is -2.21. The molecule has 0 aliphatic carbocycles. The number of nitrogen functional groups attached to an aromatic ring is 1. The smallest absolute Gasteiger partial charge is 0.351 e. The number of aliphatic hydroxyl groups excluding tert-OH is 2. The van der Waals surface area contributed by atoms with Gasteiger partial charge in [-0.1, -0.05) is 0 Å². The van der Waals surface area contributed by atoms with Crippen LogP contribution in [0.4, 0.5) is 10.2 Å². The van der Waals surface area contributed by atoms with Gasteiger partial charge in [0.2, 0.25) is 0 Å². The fraction of sp³-hybridized carbons (Fsp3) is 0.600. The third-order valence-electron chi connectivity index (χ3n) is 3.00. The van der Waals surface area contributed by atoms with Crippen LogP contribution in [0.2, 0.25) is 0 Å². The van der Waals surface area contributed by atoms with Crippen molar-refractivity contribution in [1.82, 2.24) is 9.55 Å². The van der Waals surface area contributed by atoms with E-state index in [1.807, 2.05) is 0 Å². The second-order valence-electron chi connectivity index (χ2n) is 4.35. The zero-order valence-electron chi connectivity index (χ0n) is 9.65. The molecule has 1 aromatic heterocycles. The second kappa shape index (κ2) is 4.30. The lowest BCUT2D eigenvalue weighted by Gasteiger charge is -2.24. The topological polar surface area (TPSA) is 111 Å². The van der Waals surface area contributed by atoms with Gasteiger partial charge in [0.25, 0.3) is 0 Å². The van der Waals surface area contributed by atoms with Gasteiger partial charge >= 0.3 is 5.69 Å². The average Bonchev–Trinajstić information content (AvgIpc) is 2.52. The highest BCUT2D eigenvalue weighted by molar-refractivity contribution is 5.23. The summed E-state index contributed by atoms with van der Waals surface area (Å²) >= 11 is 0. The summed E-state index contributed by atoms with van der Waals surface area (Å²) in [4.78, 5) is 15.1. The van der Waals surface area contributed by atoms with Gasteiger partial charge in [-0.25, -0.2) is 9.18 Å². The Labute approximate surface area is 102 Å². The summed E-state index contributed by atoms with van der Waals surface area (Å²) in [7, 11) is 0. The maximum absolute atomic E-state index is 14.4. The molecule has 0 bridgehead atoms. The first-order chi connectivity index (χ1) is 8.37. The van der Waals surface area contributed by atoms with Crippen LogP contribution in [0.5, 0.6) is 0 Å². The number of halogens is 1. The summed E-state index contributed by atoms with van der Waals surface area (Å²) in [6.45, 7) is 0.551. The van der Waals surface area contributed by atoms with E-state index in [-0.39, 0.29) is 5.82 Å². The first kappa shape index (κ1) is 12.9. The number of hydrogen-bond donors (Lipinski definition) is 3. The molecular formula is C10H14FN3O4. The monoisotopic (exact) mass is 259 g/mol. The third kappa shape index (κ3) is 1.88. The van der Waals surface area contributed by atoms with Crippen molar-refractivity contribution in [3.63, 3.8) is 0 Å². The van der Waals surface area contributed by atoms with Crippen LogP contribution in [0, 0.1) is 0 Å². The SMILES string of the molecule is CC1(F)C(n2ccc(N)nc2=O)O[C@H](CO)[C@@H]1O. The van der Waals surface area contributed by atoms with Crippen molar-refractivity contribution in [3.8, 4) is 0 Å². The van der Waals surface area contributed by atoms with Crippen LogP contribution in [0.15, 0.2) is 17.1 Å². The van der Waals surface area contributed by atoms with Gasteiger partial charge in [-0.05, 0) is 13.0 Å². The Bertz CT molecular complexity index is 504. The normalized spacial score (nSPS) is 35.9. The van der Waals surface area contributed by atoms with E-state index in [4.69, 9.17) is 15.6 Å². The maximum atomic E-state index is 14.4. The molecule has 2 unspecified atom stereocenters. The molecule has 1 aromatic rings. The number of hydrogen-bond acceptors (Lipinski definition) is 6. The highest BCUT2D eigenvalue weighted by Crippen LogP contribution is 2.40. The van der Waals surface area contributed by atoms with E-state index in [0.717, 1.165) is 11.5 Å². The minimum Gasteiger partial charge on any atom is -0.394 e. The van der Waals surface area contributed by atoms with Gasteiger partial charge in [0.15, 0.2) is 11.9 Å². The molecule has 7 nitrogen and oxygen atoms in total. The molecule has 0 saturated carbocycles. The lowest BCUT2D eigenvalue weighted by Crippen LogP contribution is -2.42. The Morgan fingerprint density at radius 2 is 2.39 bits per heavy atom. The van der Waals surface area contributed by atoms with E-state index in [1.54, 1.807) is 0 Å². The number of nitrogens with zero attached hydrogens (tertiary/aromatic N) is 2. The average molecular weight is 259 g/mol. The Morgan fingerprint density at radius 3 is 2.89 bits per heavy atom. The van der Waals surface area contributed by atoms with Gasteiger partial charge in [-0.2, -0.15) is 4.98 Å². The predicted molar refractivity (Wildman–Crippen MR) is 59.4 cm³/mol. The number of ether oxygens (including phenoxy) is 1. The van der Waals surface area contributed by atoms with Crippen LogP contribution in [0.25, 0.3) is 0 Å². The molecule has 2 heterocycles. The quantitative estimate of drug-likeness (QED) is 0.615. The van der Waals surface area contributed by atoms with Gasteiger partial charge in [0.05, 0.1) is 6.61 Å². The molecule has 2 rings (SSSR count). The van der Waals surface area contributed by atoms with Crippen LogP contribution in [0.3, 0.4) is 0 Å². The van der Waals surface area contributed by atoms with Crippen molar-refractivity contribution in [2.75, 3.05) is 12.3 Å². The van der Waals surface area contributed by atoms with Gasteiger partial charge < -0.3 is 20.7 Å². The molecule has 18 heavy (non-hydrogen) atoms. The van der Waals surface area contributed by atoms with Crippen molar-refractivity contribution in [3.05, 3.63) is 22.7 Å². The number of rotatable bonds is 2. The zero-order chi connectivity index (χ0) is 13.5. The standard InChI is InChI=1S/C10H14FN3O4/c1-10(11)7(16)5(4-15)18-8(10)14-3-2-6(12)13-9(14)17/h2-3,5,7-8,15-16H,4H2,1H3,(H2,12,13,17)/t5-,7+,8?,10?/m1/s1. The number of alkyl halides is 1. The van der Waals surface area contributed by atoms with E-state index in [1.165, 1.54) is 12.3 Å². The molecule has 4 N–H and O–H groups in total. The lowest BCUT2D eigenvalue weighted by atomic mass is 9.98. The van der Waals surface area contributed by atoms with Gasteiger partial charge in [0, 0.05) is 6.20 Å². The number of anilines is 1. The first-order valence-corrected chi connectivity index (χ1v) is 5.36. The molecule has 0 amide bonds.